The quantitative estimate of drug-likeness (QED) is 0.886. The van der Waals surface area contributed by atoms with E-state index in [4.69, 9.17) is 17.3 Å². The number of hydrogen-bond donors (Lipinski definition) is 2. The highest BCUT2D eigenvalue weighted by atomic mass is 35.5. The largest absolute Gasteiger partial charge is 0.355 e. The predicted octanol–water partition coefficient (Wildman–Crippen LogP) is 4.03. The lowest BCUT2D eigenvalue weighted by molar-refractivity contribution is 0.610. The highest BCUT2D eigenvalue weighted by Gasteiger charge is 2.09. The molecule has 0 spiro atoms. The molecule has 0 bridgehead atoms. The van der Waals surface area contributed by atoms with Crippen molar-refractivity contribution < 1.29 is 4.39 Å². The Labute approximate surface area is 117 Å². The number of nitrogens with one attached hydrogen (secondary N) is 1. The van der Waals surface area contributed by atoms with Crippen molar-refractivity contribution in [2.24, 2.45) is 5.73 Å². The van der Waals surface area contributed by atoms with Gasteiger partial charge in [-0.05, 0) is 49.7 Å². The Morgan fingerprint density at radius 3 is 2.74 bits per heavy atom. The molecule has 0 saturated carbocycles. The highest BCUT2D eigenvalue weighted by molar-refractivity contribution is 6.30. The van der Waals surface area contributed by atoms with Crippen molar-refractivity contribution in [2.45, 2.75) is 13.3 Å². The van der Waals surface area contributed by atoms with Gasteiger partial charge in [0.2, 0.25) is 0 Å². The minimum absolute atomic E-state index is 0.241. The molecule has 2 aromatic carbocycles. The summed E-state index contributed by atoms with van der Waals surface area (Å²) in [6.45, 7) is 2.38. The first kappa shape index (κ1) is 13.8. The van der Waals surface area contributed by atoms with Gasteiger partial charge < -0.3 is 11.1 Å². The minimum atomic E-state index is -0.241. The maximum absolute atomic E-state index is 13.8. The molecule has 2 nitrogen and oxygen atoms in total. The molecule has 0 aliphatic heterocycles. The lowest BCUT2D eigenvalue weighted by Crippen LogP contribution is -2.07. The van der Waals surface area contributed by atoms with E-state index in [1.165, 1.54) is 6.07 Å². The van der Waals surface area contributed by atoms with Crippen molar-refractivity contribution in [1.29, 1.82) is 0 Å². The summed E-state index contributed by atoms with van der Waals surface area (Å²) in [6, 6.07) is 10.5. The maximum atomic E-state index is 13.8. The molecule has 3 N–H and O–H groups in total. The molecule has 0 amide bonds. The molecule has 0 atom stereocenters. The molecule has 0 saturated heterocycles. The summed E-state index contributed by atoms with van der Waals surface area (Å²) in [4.78, 5) is 0. The van der Waals surface area contributed by atoms with Crippen LogP contribution in [-0.4, -0.2) is 6.54 Å². The van der Waals surface area contributed by atoms with Gasteiger partial charge in [-0.15, -0.1) is 0 Å². The molecule has 2 rings (SSSR count). The fourth-order valence-corrected chi connectivity index (χ4v) is 2.12. The zero-order valence-electron chi connectivity index (χ0n) is 10.7. The van der Waals surface area contributed by atoms with E-state index in [1.54, 1.807) is 6.07 Å². The van der Waals surface area contributed by atoms with Crippen LogP contribution in [-0.2, 0) is 6.42 Å². The van der Waals surface area contributed by atoms with Crippen LogP contribution in [0.4, 0.5) is 15.8 Å². The number of anilines is 2. The first-order valence-electron chi connectivity index (χ1n) is 6.12. The molecule has 0 aliphatic rings. The van der Waals surface area contributed by atoms with Gasteiger partial charge in [-0.1, -0.05) is 23.7 Å². The lowest BCUT2D eigenvalue weighted by atomic mass is 10.1. The van der Waals surface area contributed by atoms with E-state index >= 15 is 0 Å². The molecule has 2 aromatic rings. The second kappa shape index (κ2) is 6.04. The summed E-state index contributed by atoms with van der Waals surface area (Å²) < 4.78 is 13.8. The van der Waals surface area contributed by atoms with Crippen LogP contribution in [0.25, 0.3) is 0 Å². The van der Waals surface area contributed by atoms with Gasteiger partial charge in [0, 0.05) is 22.0 Å². The van der Waals surface area contributed by atoms with Gasteiger partial charge in [0.1, 0.15) is 5.82 Å². The third kappa shape index (κ3) is 3.25. The molecule has 19 heavy (non-hydrogen) atoms. The number of nitrogens with two attached hydrogens (primary N) is 1. The van der Waals surface area contributed by atoms with E-state index in [0.29, 0.717) is 23.6 Å². The van der Waals surface area contributed by atoms with E-state index in [1.807, 2.05) is 31.2 Å². The fraction of sp³-hybridized carbons (Fsp3) is 0.200. The third-order valence-electron chi connectivity index (χ3n) is 2.98. The molecular weight excluding hydrogens is 263 g/mol. The van der Waals surface area contributed by atoms with Gasteiger partial charge in [0.25, 0.3) is 0 Å². The minimum Gasteiger partial charge on any atom is -0.355 e. The van der Waals surface area contributed by atoms with E-state index in [-0.39, 0.29) is 5.82 Å². The van der Waals surface area contributed by atoms with Crippen LogP contribution in [0.1, 0.15) is 11.1 Å². The summed E-state index contributed by atoms with van der Waals surface area (Å²) in [7, 11) is 0. The Bertz CT molecular complexity index is 584. The fourth-order valence-electron chi connectivity index (χ4n) is 1.95. The summed E-state index contributed by atoms with van der Waals surface area (Å²) in [6.07, 6.45) is 0.495. The predicted molar refractivity (Wildman–Crippen MR) is 78.6 cm³/mol. The number of aryl methyl sites for hydroxylation is 1. The average molecular weight is 279 g/mol. The summed E-state index contributed by atoms with van der Waals surface area (Å²) in [5, 5.41) is 3.87. The second-order valence-electron chi connectivity index (χ2n) is 4.39. The Morgan fingerprint density at radius 1 is 1.21 bits per heavy atom. The second-order valence-corrected chi connectivity index (χ2v) is 4.83. The third-order valence-corrected chi connectivity index (χ3v) is 3.22. The molecule has 0 radical (unpaired) electrons. The molecule has 0 fully saturated rings. The molecule has 0 unspecified atom stereocenters. The Balaban J connectivity index is 2.37. The molecule has 4 heteroatoms. The Kier molecular flexibility index (Phi) is 4.40. The first-order chi connectivity index (χ1) is 9.11. The molecule has 0 aliphatic carbocycles. The number of halogens is 2. The molecular formula is C15H16ClFN2. The molecule has 100 valence electrons. The van der Waals surface area contributed by atoms with Crippen molar-refractivity contribution in [2.75, 3.05) is 11.9 Å². The summed E-state index contributed by atoms with van der Waals surface area (Å²) >= 11 is 5.98. The first-order valence-corrected chi connectivity index (χ1v) is 6.50. The molecule has 0 heterocycles. The zero-order chi connectivity index (χ0) is 13.8. The number of rotatable bonds is 4. The van der Waals surface area contributed by atoms with E-state index in [0.717, 1.165) is 16.9 Å². The van der Waals surface area contributed by atoms with Crippen molar-refractivity contribution in [3.8, 4) is 0 Å². The van der Waals surface area contributed by atoms with Crippen LogP contribution in [0.2, 0.25) is 5.02 Å². The van der Waals surface area contributed by atoms with Crippen molar-refractivity contribution in [1.82, 2.24) is 0 Å². The van der Waals surface area contributed by atoms with Gasteiger partial charge >= 0.3 is 0 Å². The topological polar surface area (TPSA) is 38.0 Å². The van der Waals surface area contributed by atoms with Crippen molar-refractivity contribution in [3.05, 3.63) is 58.4 Å². The number of hydrogen-bond acceptors (Lipinski definition) is 2. The average Bonchev–Trinajstić information content (AvgIpc) is 2.38. The van der Waals surface area contributed by atoms with E-state index in [9.17, 15) is 4.39 Å². The number of benzene rings is 2. The van der Waals surface area contributed by atoms with Gasteiger partial charge in [-0.25, -0.2) is 4.39 Å². The lowest BCUT2D eigenvalue weighted by Gasteiger charge is -2.14. The van der Waals surface area contributed by atoms with Crippen LogP contribution in [0.15, 0.2) is 36.4 Å². The van der Waals surface area contributed by atoms with Gasteiger partial charge in [0.05, 0.1) is 0 Å². The Morgan fingerprint density at radius 2 is 2.00 bits per heavy atom. The van der Waals surface area contributed by atoms with Crippen LogP contribution in [0.5, 0.6) is 0 Å². The van der Waals surface area contributed by atoms with Crippen LogP contribution < -0.4 is 11.1 Å². The normalized spacial score (nSPS) is 10.5. The van der Waals surface area contributed by atoms with Crippen molar-refractivity contribution in [3.63, 3.8) is 0 Å². The Hall–Kier alpha value is -1.58. The van der Waals surface area contributed by atoms with Gasteiger partial charge in [0.15, 0.2) is 0 Å². The zero-order valence-corrected chi connectivity index (χ0v) is 11.5. The van der Waals surface area contributed by atoms with Crippen LogP contribution in [0, 0.1) is 12.7 Å². The maximum Gasteiger partial charge on any atom is 0.128 e. The summed E-state index contributed by atoms with van der Waals surface area (Å²) in [5.74, 6) is -0.241. The van der Waals surface area contributed by atoms with Crippen LogP contribution >= 0.6 is 11.6 Å². The van der Waals surface area contributed by atoms with Gasteiger partial charge in [-0.3, -0.25) is 0 Å². The SMILES string of the molecule is Cc1ccc(Cl)cc1Nc1cccc(F)c1CCN. The smallest absolute Gasteiger partial charge is 0.128 e. The van der Waals surface area contributed by atoms with E-state index in [2.05, 4.69) is 5.32 Å². The van der Waals surface area contributed by atoms with Gasteiger partial charge in [-0.2, -0.15) is 0 Å². The van der Waals surface area contributed by atoms with E-state index < -0.39 is 0 Å². The summed E-state index contributed by atoms with van der Waals surface area (Å²) in [5.41, 5.74) is 8.78. The molecule has 0 aromatic heterocycles. The monoisotopic (exact) mass is 278 g/mol. The standard InChI is InChI=1S/C15H16ClFN2/c1-10-5-6-11(16)9-15(10)19-14-4-2-3-13(17)12(14)7-8-18/h2-6,9,19H,7-8,18H2,1H3. The van der Waals surface area contributed by atoms with Crippen LogP contribution in [0.3, 0.4) is 0 Å². The van der Waals surface area contributed by atoms with Crippen molar-refractivity contribution >= 4 is 23.0 Å². The highest BCUT2D eigenvalue weighted by Crippen LogP contribution is 2.27.